The van der Waals surface area contributed by atoms with Gasteiger partial charge in [-0.2, -0.15) is 0 Å². The van der Waals surface area contributed by atoms with Crippen molar-refractivity contribution in [3.8, 4) is 11.5 Å². The lowest BCUT2D eigenvalue weighted by atomic mass is 10.00. The second-order valence-electron chi connectivity index (χ2n) is 4.62. The first kappa shape index (κ1) is 10.9. The van der Waals surface area contributed by atoms with Crippen molar-refractivity contribution < 1.29 is 19.3 Å². The molecule has 0 radical (unpaired) electrons. The van der Waals surface area contributed by atoms with Gasteiger partial charge in [0.2, 0.25) is 0 Å². The first-order valence-corrected chi connectivity index (χ1v) is 5.87. The van der Waals surface area contributed by atoms with Gasteiger partial charge < -0.3 is 19.3 Å². The van der Waals surface area contributed by atoms with E-state index in [4.69, 9.17) is 14.2 Å². The van der Waals surface area contributed by atoms with Crippen LogP contribution in [0.15, 0.2) is 12.1 Å². The van der Waals surface area contributed by atoms with Crippen molar-refractivity contribution >= 4 is 0 Å². The second-order valence-corrected chi connectivity index (χ2v) is 4.62. The maximum absolute atomic E-state index is 10.3. The average Bonchev–Trinajstić information content (AvgIpc) is 3.08. The maximum Gasteiger partial charge on any atom is 0.161 e. The largest absolute Gasteiger partial charge is 0.486 e. The minimum absolute atomic E-state index is 0.480. The topological polar surface area (TPSA) is 47.9 Å². The zero-order valence-corrected chi connectivity index (χ0v) is 9.86. The van der Waals surface area contributed by atoms with Gasteiger partial charge in [0, 0.05) is 7.11 Å². The van der Waals surface area contributed by atoms with Gasteiger partial charge in [0.05, 0.1) is 12.2 Å². The third-order valence-electron chi connectivity index (χ3n) is 3.29. The summed E-state index contributed by atoms with van der Waals surface area (Å²) < 4.78 is 16.3. The molecule has 1 fully saturated rings. The molecule has 1 aliphatic heterocycles. The molecule has 1 N–H and O–H groups in total. The molecule has 1 aromatic carbocycles. The van der Waals surface area contributed by atoms with Gasteiger partial charge in [0.15, 0.2) is 11.5 Å². The third-order valence-corrected chi connectivity index (χ3v) is 3.29. The lowest BCUT2D eigenvalue weighted by Gasteiger charge is -2.22. The highest BCUT2D eigenvalue weighted by molar-refractivity contribution is 5.51. The lowest BCUT2D eigenvalue weighted by Crippen LogP contribution is -2.18. The highest BCUT2D eigenvalue weighted by Crippen LogP contribution is 2.49. The molecule has 0 saturated heterocycles. The molecule has 1 aliphatic carbocycles. The van der Waals surface area contributed by atoms with Crippen LogP contribution in [0.3, 0.4) is 0 Å². The summed E-state index contributed by atoms with van der Waals surface area (Å²) in [5.74, 6) is 1.47. The average molecular weight is 236 g/mol. The van der Waals surface area contributed by atoms with Crippen LogP contribution in [0, 0.1) is 0 Å². The zero-order valence-electron chi connectivity index (χ0n) is 9.86. The fourth-order valence-corrected chi connectivity index (χ4v) is 2.23. The number of aliphatic hydroxyl groups is 1. The van der Waals surface area contributed by atoms with Gasteiger partial charge in [-0.3, -0.25) is 0 Å². The number of benzene rings is 1. The Morgan fingerprint density at radius 1 is 1.24 bits per heavy atom. The molecule has 0 aromatic heterocycles. The summed E-state index contributed by atoms with van der Waals surface area (Å²) in [6.45, 7) is 1.62. The maximum atomic E-state index is 10.3. The Kier molecular flexibility index (Phi) is 2.49. The van der Waals surface area contributed by atoms with Crippen LogP contribution in [0.1, 0.15) is 24.0 Å². The van der Waals surface area contributed by atoms with E-state index in [0.29, 0.717) is 19.8 Å². The molecule has 2 aliphatic rings. The molecule has 17 heavy (non-hydrogen) atoms. The van der Waals surface area contributed by atoms with E-state index in [1.165, 1.54) is 0 Å². The number of fused-ring (bicyclic) bond motifs is 1. The van der Waals surface area contributed by atoms with Crippen molar-refractivity contribution in [2.75, 3.05) is 20.3 Å². The van der Waals surface area contributed by atoms with Gasteiger partial charge in [-0.05, 0) is 36.1 Å². The minimum Gasteiger partial charge on any atom is -0.486 e. The fraction of sp³-hybridized carbons (Fsp3) is 0.538. The van der Waals surface area contributed by atoms with E-state index in [0.717, 1.165) is 35.5 Å². The second kappa shape index (κ2) is 3.89. The highest BCUT2D eigenvalue weighted by Gasteiger charge is 2.44. The molecule has 4 heteroatoms. The third kappa shape index (κ3) is 1.87. The smallest absolute Gasteiger partial charge is 0.161 e. The van der Waals surface area contributed by atoms with Crippen LogP contribution in [0.25, 0.3) is 0 Å². The predicted molar refractivity (Wildman–Crippen MR) is 61.3 cm³/mol. The molecule has 0 atom stereocenters. The molecule has 0 unspecified atom stereocenters. The van der Waals surface area contributed by atoms with Crippen LogP contribution in [0.2, 0.25) is 0 Å². The van der Waals surface area contributed by atoms with Gasteiger partial charge in [-0.15, -0.1) is 0 Å². The van der Waals surface area contributed by atoms with Crippen molar-refractivity contribution in [3.05, 3.63) is 23.3 Å². The van der Waals surface area contributed by atoms with E-state index in [9.17, 15) is 5.11 Å². The Labute approximate surface area is 100 Å². The van der Waals surface area contributed by atoms with Crippen LogP contribution in [-0.2, 0) is 16.9 Å². The summed E-state index contributed by atoms with van der Waals surface area (Å²) in [6, 6.07) is 3.82. The van der Waals surface area contributed by atoms with Crippen molar-refractivity contribution in [2.24, 2.45) is 0 Å². The van der Waals surface area contributed by atoms with Crippen molar-refractivity contribution in [3.63, 3.8) is 0 Å². The molecule has 0 spiro atoms. The number of methoxy groups -OCH3 is 1. The SMILES string of the molecule is COCc1cc2c(cc1C1(O)CC1)OCCO2. The van der Waals surface area contributed by atoms with Gasteiger partial charge >= 0.3 is 0 Å². The highest BCUT2D eigenvalue weighted by atomic mass is 16.6. The van der Waals surface area contributed by atoms with Gasteiger partial charge in [-0.25, -0.2) is 0 Å². The number of ether oxygens (including phenoxy) is 3. The summed E-state index contributed by atoms with van der Waals surface area (Å²) in [5.41, 5.74) is 1.23. The Hall–Kier alpha value is -1.26. The summed E-state index contributed by atoms with van der Waals surface area (Å²) in [7, 11) is 1.65. The van der Waals surface area contributed by atoms with Crippen LogP contribution < -0.4 is 9.47 Å². The van der Waals surface area contributed by atoms with Gasteiger partial charge in [0.1, 0.15) is 13.2 Å². The molecule has 1 aromatic rings. The minimum atomic E-state index is -0.677. The first-order chi connectivity index (χ1) is 8.23. The standard InChI is InChI=1S/C13H16O4/c1-15-8-9-6-11-12(17-5-4-16-11)7-10(9)13(14)2-3-13/h6-7,14H,2-5,8H2,1H3. The van der Waals surface area contributed by atoms with Gasteiger partial charge in [-0.1, -0.05) is 0 Å². The molecule has 1 heterocycles. The Bertz CT molecular complexity index is 437. The first-order valence-electron chi connectivity index (χ1n) is 5.87. The van der Waals surface area contributed by atoms with E-state index in [2.05, 4.69) is 0 Å². The Morgan fingerprint density at radius 2 is 1.88 bits per heavy atom. The Balaban J connectivity index is 2.05. The van der Waals surface area contributed by atoms with E-state index in [1.54, 1.807) is 7.11 Å². The normalized spacial score (nSPS) is 20.1. The van der Waals surface area contributed by atoms with Crippen LogP contribution in [-0.4, -0.2) is 25.4 Å². The summed E-state index contributed by atoms with van der Waals surface area (Å²) in [6.07, 6.45) is 1.62. The van der Waals surface area contributed by atoms with Crippen LogP contribution in [0.5, 0.6) is 11.5 Å². The monoisotopic (exact) mass is 236 g/mol. The molecule has 92 valence electrons. The molecule has 4 nitrogen and oxygen atoms in total. The van der Waals surface area contributed by atoms with E-state index in [1.807, 2.05) is 12.1 Å². The molecule has 0 bridgehead atoms. The van der Waals surface area contributed by atoms with Crippen LogP contribution in [0.4, 0.5) is 0 Å². The number of hydrogen-bond acceptors (Lipinski definition) is 4. The molecule has 0 amide bonds. The Morgan fingerprint density at radius 3 is 2.47 bits per heavy atom. The van der Waals surface area contributed by atoms with Gasteiger partial charge in [0.25, 0.3) is 0 Å². The zero-order chi connectivity index (χ0) is 11.9. The predicted octanol–water partition coefficient (Wildman–Crippen LogP) is 1.59. The fourth-order valence-electron chi connectivity index (χ4n) is 2.23. The molecule has 3 rings (SSSR count). The molecule has 1 saturated carbocycles. The van der Waals surface area contributed by atoms with Crippen LogP contribution >= 0.6 is 0 Å². The lowest BCUT2D eigenvalue weighted by molar-refractivity contribution is 0.137. The molecular weight excluding hydrogens is 220 g/mol. The van der Waals surface area contributed by atoms with E-state index in [-0.39, 0.29) is 0 Å². The number of rotatable bonds is 3. The molecular formula is C13H16O4. The number of hydrogen-bond donors (Lipinski definition) is 1. The summed E-state index contributed by atoms with van der Waals surface area (Å²) in [4.78, 5) is 0. The van der Waals surface area contributed by atoms with Crippen molar-refractivity contribution in [2.45, 2.75) is 25.0 Å². The van der Waals surface area contributed by atoms with E-state index >= 15 is 0 Å². The quantitative estimate of drug-likeness (QED) is 0.865. The summed E-state index contributed by atoms with van der Waals surface area (Å²) >= 11 is 0. The summed E-state index contributed by atoms with van der Waals surface area (Å²) in [5, 5.41) is 10.3. The van der Waals surface area contributed by atoms with Crippen molar-refractivity contribution in [1.82, 2.24) is 0 Å². The van der Waals surface area contributed by atoms with E-state index < -0.39 is 5.60 Å². The van der Waals surface area contributed by atoms with Crippen molar-refractivity contribution in [1.29, 1.82) is 0 Å².